The number of rotatable bonds is 4. The highest BCUT2D eigenvalue weighted by Gasteiger charge is 2.12. The minimum atomic E-state index is -0.158. The molecule has 2 aromatic rings. The topological polar surface area (TPSA) is 24.9 Å². The van der Waals surface area contributed by atoms with Crippen LogP contribution in [-0.4, -0.2) is 4.98 Å². The van der Waals surface area contributed by atoms with E-state index in [1.807, 2.05) is 19.9 Å². The smallest absolute Gasteiger partial charge is 0.127 e. The van der Waals surface area contributed by atoms with E-state index in [9.17, 15) is 4.39 Å². The van der Waals surface area contributed by atoms with Crippen LogP contribution in [0.25, 0.3) is 0 Å². The summed E-state index contributed by atoms with van der Waals surface area (Å²) in [6.07, 6.45) is 0. The maximum atomic E-state index is 13.5. The van der Waals surface area contributed by atoms with Gasteiger partial charge >= 0.3 is 0 Å². The Morgan fingerprint density at radius 1 is 1.33 bits per heavy atom. The van der Waals surface area contributed by atoms with Gasteiger partial charge in [0, 0.05) is 23.0 Å². The van der Waals surface area contributed by atoms with Gasteiger partial charge in [-0.1, -0.05) is 18.2 Å². The molecule has 1 aromatic carbocycles. The Bertz CT molecular complexity index is 536. The van der Waals surface area contributed by atoms with Crippen molar-refractivity contribution in [1.29, 1.82) is 0 Å². The summed E-state index contributed by atoms with van der Waals surface area (Å²) in [5.74, 6) is -0.158. The highest BCUT2D eigenvalue weighted by Crippen LogP contribution is 2.24. The summed E-state index contributed by atoms with van der Waals surface area (Å²) >= 11 is 1.69. The average Bonchev–Trinajstić information content (AvgIpc) is 2.67. The molecule has 0 radical (unpaired) electrons. The van der Waals surface area contributed by atoms with Gasteiger partial charge < -0.3 is 5.32 Å². The summed E-state index contributed by atoms with van der Waals surface area (Å²) in [6, 6.07) is 7.05. The number of nitrogens with zero attached hydrogens (tertiary/aromatic N) is 1. The SMILES string of the molecule is Cc1nc(C)c(C(C)NCc2ccccc2F)s1. The third kappa shape index (κ3) is 2.94. The van der Waals surface area contributed by atoms with Gasteiger partial charge in [-0.05, 0) is 26.8 Å². The first-order valence-electron chi connectivity index (χ1n) is 5.98. The van der Waals surface area contributed by atoms with Crippen LogP contribution in [0.15, 0.2) is 24.3 Å². The lowest BCUT2D eigenvalue weighted by molar-refractivity contribution is 0.547. The molecule has 2 nitrogen and oxygen atoms in total. The number of hydrogen-bond donors (Lipinski definition) is 1. The van der Waals surface area contributed by atoms with E-state index in [-0.39, 0.29) is 11.9 Å². The van der Waals surface area contributed by atoms with Gasteiger partial charge in [0.2, 0.25) is 0 Å². The zero-order valence-corrected chi connectivity index (χ0v) is 11.6. The van der Waals surface area contributed by atoms with Crippen molar-refractivity contribution in [3.8, 4) is 0 Å². The molecule has 0 fully saturated rings. The highest BCUT2D eigenvalue weighted by molar-refractivity contribution is 7.11. The highest BCUT2D eigenvalue weighted by atomic mass is 32.1. The van der Waals surface area contributed by atoms with Crippen LogP contribution in [0.2, 0.25) is 0 Å². The van der Waals surface area contributed by atoms with E-state index in [4.69, 9.17) is 0 Å². The predicted octanol–water partition coefficient (Wildman–Crippen LogP) is 3.75. The molecule has 0 aliphatic heterocycles. The third-order valence-electron chi connectivity index (χ3n) is 2.89. The molecule has 0 aliphatic carbocycles. The van der Waals surface area contributed by atoms with Crippen molar-refractivity contribution in [1.82, 2.24) is 10.3 Å². The third-order valence-corrected chi connectivity index (χ3v) is 4.14. The molecular weight excluding hydrogens is 247 g/mol. The number of aryl methyl sites for hydroxylation is 2. The molecule has 1 N–H and O–H groups in total. The monoisotopic (exact) mass is 264 g/mol. The molecule has 96 valence electrons. The summed E-state index contributed by atoms with van der Waals surface area (Å²) in [5.41, 5.74) is 1.76. The molecule has 0 saturated carbocycles. The van der Waals surface area contributed by atoms with E-state index in [2.05, 4.69) is 17.2 Å². The van der Waals surface area contributed by atoms with Crippen LogP contribution in [0.4, 0.5) is 4.39 Å². The minimum Gasteiger partial charge on any atom is -0.305 e. The maximum absolute atomic E-state index is 13.5. The van der Waals surface area contributed by atoms with E-state index < -0.39 is 0 Å². The number of thiazole rings is 1. The van der Waals surface area contributed by atoms with Gasteiger partial charge in [0.15, 0.2) is 0 Å². The van der Waals surface area contributed by atoms with Crippen LogP contribution >= 0.6 is 11.3 Å². The van der Waals surface area contributed by atoms with Gasteiger partial charge in [-0.25, -0.2) is 9.37 Å². The van der Waals surface area contributed by atoms with E-state index >= 15 is 0 Å². The van der Waals surface area contributed by atoms with Gasteiger partial charge in [0.25, 0.3) is 0 Å². The van der Waals surface area contributed by atoms with E-state index in [1.165, 1.54) is 10.9 Å². The first-order valence-corrected chi connectivity index (χ1v) is 6.80. The summed E-state index contributed by atoms with van der Waals surface area (Å²) in [5, 5.41) is 4.41. The zero-order valence-electron chi connectivity index (χ0n) is 10.8. The molecule has 4 heteroatoms. The number of benzene rings is 1. The molecule has 1 aromatic heterocycles. The normalized spacial score (nSPS) is 12.7. The number of aromatic nitrogens is 1. The molecule has 0 bridgehead atoms. The maximum Gasteiger partial charge on any atom is 0.127 e. The van der Waals surface area contributed by atoms with Crippen molar-refractivity contribution in [2.45, 2.75) is 33.4 Å². The second-order valence-electron chi connectivity index (χ2n) is 4.38. The standard InChI is InChI=1S/C14H17FN2S/c1-9(14-10(2)17-11(3)18-14)16-8-12-6-4-5-7-13(12)15/h4-7,9,16H,8H2,1-3H3. The summed E-state index contributed by atoms with van der Waals surface area (Å²) in [6.45, 7) is 6.63. The molecular formula is C14H17FN2S. The molecule has 1 unspecified atom stereocenters. The van der Waals surface area contributed by atoms with Crippen LogP contribution < -0.4 is 5.32 Å². The molecule has 0 saturated heterocycles. The Morgan fingerprint density at radius 3 is 2.67 bits per heavy atom. The second-order valence-corrected chi connectivity index (χ2v) is 5.61. The van der Waals surface area contributed by atoms with Crippen LogP contribution in [0.1, 0.15) is 34.1 Å². The lowest BCUT2D eigenvalue weighted by Gasteiger charge is -2.13. The molecule has 1 heterocycles. The molecule has 18 heavy (non-hydrogen) atoms. The lowest BCUT2D eigenvalue weighted by atomic mass is 10.2. The Labute approximate surface area is 111 Å². The van der Waals surface area contributed by atoms with Gasteiger partial charge in [-0.3, -0.25) is 0 Å². The Kier molecular flexibility index (Phi) is 4.09. The van der Waals surface area contributed by atoms with Crippen LogP contribution in [-0.2, 0) is 6.54 Å². The van der Waals surface area contributed by atoms with Gasteiger partial charge in [-0.15, -0.1) is 11.3 Å². The van der Waals surface area contributed by atoms with E-state index in [1.54, 1.807) is 23.5 Å². The average molecular weight is 264 g/mol. The summed E-state index contributed by atoms with van der Waals surface area (Å²) in [4.78, 5) is 5.63. The van der Waals surface area contributed by atoms with Gasteiger partial charge in [0.05, 0.1) is 10.7 Å². The fourth-order valence-corrected chi connectivity index (χ4v) is 2.90. The quantitative estimate of drug-likeness (QED) is 0.909. The van der Waals surface area contributed by atoms with Crippen LogP contribution in [0, 0.1) is 19.7 Å². The van der Waals surface area contributed by atoms with Crippen molar-refractivity contribution >= 4 is 11.3 Å². The molecule has 0 amide bonds. The Hall–Kier alpha value is -1.26. The molecule has 0 aliphatic rings. The van der Waals surface area contributed by atoms with Crippen molar-refractivity contribution in [2.75, 3.05) is 0 Å². The fraction of sp³-hybridized carbons (Fsp3) is 0.357. The second kappa shape index (κ2) is 5.59. The predicted molar refractivity (Wildman–Crippen MR) is 73.2 cm³/mol. The molecule has 1 atom stereocenters. The van der Waals surface area contributed by atoms with E-state index in [0.717, 1.165) is 10.7 Å². The Morgan fingerprint density at radius 2 is 2.06 bits per heavy atom. The first-order chi connectivity index (χ1) is 8.58. The number of nitrogens with one attached hydrogen (secondary N) is 1. The largest absolute Gasteiger partial charge is 0.305 e. The van der Waals surface area contributed by atoms with Crippen LogP contribution in [0.5, 0.6) is 0 Å². The van der Waals surface area contributed by atoms with Gasteiger partial charge in [0.1, 0.15) is 5.82 Å². The van der Waals surface area contributed by atoms with E-state index in [0.29, 0.717) is 12.1 Å². The first kappa shape index (κ1) is 13.2. The van der Waals surface area contributed by atoms with Crippen molar-refractivity contribution in [2.24, 2.45) is 0 Å². The summed E-state index contributed by atoms with van der Waals surface area (Å²) in [7, 11) is 0. The Balaban J connectivity index is 2.03. The number of halogens is 1. The minimum absolute atomic E-state index is 0.158. The van der Waals surface area contributed by atoms with Crippen LogP contribution in [0.3, 0.4) is 0 Å². The fourth-order valence-electron chi connectivity index (χ4n) is 1.95. The van der Waals surface area contributed by atoms with Crippen molar-refractivity contribution < 1.29 is 4.39 Å². The van der Waals surface area contributed by atoms with Crippen molar-refractivity contribution in [3.63, 3.8) is 0 Å². The molecule has 0 spiro atoms. The number of hydrogen-bond acceptors (Lipinski definition) is 3. The zero-order chi connectivity index (χ0) is 13.1. The lowest BCUT2D eigenvalue weighted by Crippen LogP contribution is -2.18. The molecule has 2 rings (SSSR count). The van der Waals surface area contributed by atoms with Gasteiger partial charge in [-0.2, -0.15) is 0 Å². The van der Waals surface area contributed by atoms with Crippen molar-refractivity contribution in [3.05, 3.63) is 51.2 Å². The summed E-state index contributed by atoms with van der Waals surface area (Å²) < 4.78 is 13.5.